The summed E-state index contributed by atoms with van der Waals surface area (Å²) < 4.78 is 4.80. The van der Waals surface area contributed by atoms with Crippen LogP contribution in [0.3, 0.4) is 0 Å². The highest BCUT2D eigenvalue weighted by Gasteiger charge is 2.14. The van der Waals surface area contributed by atoms with Gasteiger partial charge >= 0.3 is 11.8 Å². The lowest BCUT2D eigenvalue weighted by molar-refractivity contribution is -0.398. The van der Waals surface area contributed by atoms with Crippen LogP contribution in [0.5, 0.6) is 11.5 Å². The van der Waals surface area contributed by atoms with E-state index in [9.17, 15) is 24.8 Å². The second kappa shape index (κ2) is 8.62. The Bertz CT molecular complexity index is 971. The number of rotatable bonds is 5. The number of benzene rings is 2. The summed E-state index contributed by atoms with van der Waals surface area (Å²) >= 11 is 0. The van der Waals surface area contributed by atoms with Crippen molar-refractivity contribution < 1.29 is 24.4 Å². The summed E-state index contributed by atoms with van der Waals surface area (Å²) in [6.45, 7) is 3.79. The van der Waals surface area contributed by atoms with E-state index in [1.165, 1.54) is 13.2 Å². The van der Waals surface area contributed by atoms with E-state index in [1.54, 1.807) is 18.2 Å². The van der Waals surface area contributed by atoms with Crippen LogP contribution in [0.1, 0.15) is 16.7 Å². The highest BCUT2D eigenvalue weighted by molar-refractivity contribution is 6.39. The molecule has 0 unspecified atom stereocenters. The lowest BCUT2D eigenvalue weighted by atomic mass is 10.1. The molecule has 0 aliphatic heterocycles. The van der Waals surface area contributed by atoms with Gasteiger partial charge in [0, 0.05) is 23.1 Å². The van der Waals surface area contributed by atoms with Gasteiger partial charge in [-0.25, -0.2) is 5.43 Å². The Hall–Kier alpha value is -3.95. The molecule has 2 N–H and O–H groups in total. The van der Waals surface area contributed by atoms with E-state index < -0.39 is 28.2 Å². The molecule has 2 amide bonds. The number of nitrogens with one attached hydrogen (secondary N) is 2. The van der Waals surface area contributed by atoms with Crippen LogP contribution in [0.4, 0.5) is 11.4 Å². The average molecular weight is 385 g/mol. The van der Waals surface area contributed by atoms with Gasteiger partial charge in [0.1, 0.15) is 5.75 Å². The number of anilines is 1. The van der Waals surface area contributed by atoms with Crippen LogP contribution < -0.4 is 20.6 Å². The minimum absolute atomic E-state index is 0.137. The van der Waals surface area contributed by atoms with E-state index >= 15 is 0 Å². The fourth-order valence-electron chi connectivity index (χ4n) is 2.19. The zero-order chi connectivity index (χ0) is 20.8. The molecule has 0 heterocycles. The number of carbonyl (C=O) groups is 2. The van der Waals surface area contributed by atoms with Crippen molar-refractivity contribution in [3.05, 3.63) is 57.1 Å². The predicted octanol–water partition coefficient (Wildman–Crippen LogP) is 1.38. The molecule has 0 atom stereocenters. The number of nitro benzene ring substituents is 1. The molecule has 0 radical (unpaired) electrons. The first-order valence-corrected chi connectivity index (χ1v) is 7.98. The van der Waals surface area contributed by atoms with Gasteiger partial charge in [-0.2, -0.15) is 5.10 Å². The van der Waals surface area contributed by atoms with Crippen molar-refractivity contribution in [1.82, 2.24) is 5.43 Å². The Morgan fingerprint density at radius 1 is 1.14 bits per heavy atom. The topological polar surface area (TPSA) is 146 Å². The lowest BCUT2D eigenvalue weighted by Crippen LogP contribution is -2.32. The fraction of sp³-hybridized carbons (Fsp3) is 0.167. The van der Waals surface area contributed by atoms with Gasteiger partial charge in [-0.15, -0.1) is 0 Å². The van der Waals surface area contributed by atoms with Gasteiger partial charge in [0.25, 0.3) is 5.69 Å². The predicted molar refractivity (Wildman–Crippen MR) is 99.4 cm³/mol. The third-order valence-electron chi connectivity index (χ3n) is 3.82. The van der Waals surface area contributed by atoms with Crippen LogP contribution in [0.2, 0.25) is 0 Å². The highest BCUT2D eigenvalue weighted by Crippen LogP contribution is 2.33. The van der Waals surface area contributed by atoms with Gasteiger partial charge in [-0.1, -0.05) is 6.07 Å². The molecule has 0 aliphatic carbocycles. The molecular formula is C18H17N4O6-. The molecule has 2 aromatic rings. The number of amides is 2. The SMILES string of the molecule is COc1cc(/C=N\NC(=O)C(=O)Nc2ccc(C)c(C)c2)cc([N+](=O)[O-])c1[O-]. The summed E-state index contributed by atoms with van der Waals surface area (Å²) in [4.78, 5) is 33.8. The number of nitro groups is 1. The summed E-state index contributed by atoms with van der Waals surface area (Å²) in [6, 6.07) is 7.39. The standard InChI is InChI=1S/C18H18N4O6/c1-10-4-5-13(6-11(10)2)20-17(24)18(25)21-19-9-12-7-14(22(26)27)16(23)15(8-12)28-3/h4-9,23H,1-3H3,(H,20,24)(H,21,25)/p-1/b19-9-. The second-order valence-corrected chi connectivity index (χ2v) is 5.78. The van der Waals surface area contributed by atoms with Crippen molar-refractivity contribution in [3.8, 4) is 11.5 Å². The molecule has 2 rings (SSSR count). The minimum Gasteiger partial charge on any atom is -0.865 e. The molecule has 0 aliphatic rings. The van der Waals surface area contributed by atoms with Gasteiger partial charge in [-0.05, 0) is 43.2 Å². The number of aryl methyl sites for hydroxylation is 2. The van der Waals surface area contributed by atoms with Crippen molar-refractivity contribution in [2.75, 3.05) is 12.4 Å². The van der Waals surface area contributed by atoms with Crippen molar-refractivity contribution in [2.45, 2.75) is 13.8 Å². The molecule has 0 fully saturated rings. The number of ether oxygens (including phenoxy) is 1. The number of hydrogen-bond acceptors (Lipinski definition) is 7. The highest BCUT2D eigenvalue weighted by atomic mass is 16.6. The molecule has 10 nitrogen and oxygen atoms in total. The maximum atomic E-state index is 11.9. The number of hydrazone groups is 1. The van der Waals surface area contributed by atoms with E-state index in [0.29, 0.717) is 5.69 Å². The number of nitrogens with zero attached hydrogens (tertiary/aromatic N) is 2. The Labute approximate surface area is 160 Å². The summed E-state index contributed by atoms with van der Waals surface area (Å²) in [5, 5.41) is 28.7. The molecule has 2 aromatic carbocycles. The van der Waals surface area contributed by atoms with Crippen LogP contribution in [-0.2, 0) is 9.59 Å². The van der Waals surface area contributed by atoms with Crippen molar-refractivity contribution in [2.24, 2.45) is 5.10 Å². The first-order chi connectivity index (χ1) is 13.2. The lowest BCUT2D eigenvalue weighted by Gasteiger charge is -2.12. The van der Waals surface area contributed by atoms with Crippen molar-refractivity contribution >= 4 is 29.4 Å². The van der Waals surface area contributed by atoms with Crippen LogP contribution in [-0.4, -0.2) is 30.1 Å². The van der Waals surface area contributed by atoms with Crippen molar-refractivity contribution in [1.29, 1.82) is 0 Å². The summed E-state index contributed by atoms with van der Waals surface area (Å²) in [6.07, 6.45) is 1.05. The monoisotopic (exact) mass is 385 g/mol. The fourth-order valence-corrected chi connectivity index (χ4v) is 2.19. The number of carbonyl (C=O) groups excluding carboxylic acids is 2. The van der Waals surface area contributed by atoms with Crippen LogP contribution in [0.15, 0.2) is 35.4 Å². The van der Waals surface area contributed by atoms with Crippen molar-refractivity contribution in [3.63, 3.8) is 0 Å². The van der Waals surface area contributed by atoms with Crippen LogP contribution in [0.25, 0.3) is 0 Å². The molecule has 0 spiro atoms. The van der Waals surface area contributed by atoms with E-state index in [1.807, 2.05) is 19.3 Å². The Balaban J connectivity index is 2.06. The molecule has 0 saturated heterocycles. The molecule has 0 bridgehead atoms. The largest absolute Gasteiger partial charge is 0.865 e. The Kier molecular flexibility index (Phi) is 6.27. The number of methoxy groups -OCH3 is 1. The molecule has 10 heteroatoms. The average Bonchev–Trinajstić information content (AvgIpc) is 2.65. The van der Waals surface area contributed by atoms with Gasteiger partial charge < -0.3 is 15.2 Å². The molecule has 28 heavy (non-hydrogen) atoms. The first-order valence-electron chi connectivity index (χ1n) is 7.98. The Morgan fingerprint density at radius 2 is 1.86 bits per heavy atom. The summed E-state index contributed by atoms with van der Waals surface area (Å²) in [5.41, 5.74) is 3.90. The zero-order valence-corrected chi connectivity index (χ0v) is 15.3. The molecule has 0 saturated carbocycles. The van der Waals surface area contributed by atoms with E-state index in [2.05, 4.69) is 10.4 Å². The van der Waals surface area contributed by atoms with E-state index in [-0.39, 0.29) is 11.3 Å². The minimum atomic E-state index is -1.03. The maximum absolute atomic E-state index is 11.9. The Morgan fingerprint density at radius 3 is 2.46 bits per heavy atom. The second-order valence-electron chi connectivity index (χ2n) is 5.78. The van der Waals surface area contributed by atoms with Gasteiger partial charge in [-0.3, -0.25) is 19.7 Å². The van der Waals surface area contributed by atoms with Crippen LogP contribution >= 0.6 is 0 Å². The third-order valence-corrected chi connectivity index (χ3v) is 3.82. The number of hydrogen-bond donors (Lipinski definition) is 2. The van der Waals surface area contributed by atoms with Gasteiger partial charge in [0.15, 0.2) is 0 Å². The van der Waals surface area contributed by atoms with E-state index in [4.69, 9.17) is 4.74 Å². The normalized spacial score (nSPS) is 10.5. The van der Waals surface area contributed by atoms with Gasteiger partial charge in [0.05, 0.1) is 18.2 Å². The summed E-state index contributed by atoms with van der Waals surface area (Å²) in [5.74, 6) is -3.08. The van der Waals surface area contributed by atoms with Crippen LogP contribution in [0, 0.1) is 24.0 Å². The molecule has 146 valence electrons. The molecule has 0 aromatic heterocycles. The third kappa shape index (κ3) is 4.81. The van der Waals surface area contributed by atoms with Gasteiger partial charge in [0.2, 0.25) is 0 Å². The van der Waals surface area contributed by atoms with E-state index in [0.717, 1.165) is 23.4 Å². The zero-order valence-electron chi connectivity index (χ0n) is 15.3. The molecular weight excluding hydrogens is 368 g/mol. The smallest absolute Gasteiger partial charge is 0.329 e. The maximum Gasteiger partial charge on any atom is 0.329 e. The quantitative estimate of drug-likeness (QED) is 0.344. The first kappa shape index (κ1) is 20.4. The summed E-state index contributed by atoms with van der Waals surface area (Å²) in [7, 11) is 1.19.